The van der Waals surface area contributed by atoms with E-state index in [2.05, 4.69) is 5.32 Å². The third-order valence-electron chi connectivity index (χ3n) is 3.78. The number of nitrogens with one attached hydrogen (secondary N) is 1. The monoisotopic (exact) mass is 284 g/mol. The molecule has 1 fully saturated rings. The van der Waals surface area contributed by atoms with Crippen molar-refractivity contribution >= 4 is 17.8 Å². The van der Waals surface area contributed by atoms with Crippen LogP contribution in [0, 0.1) is 5.92 Å². The van der Waals surface area contributed by atoms with E-state index in [0.29, 0.717) is 12.3 Å². The van der Waals surface area contributed by atoms with Crippen LogP contribution in [0.15, 0.2) is 0 Å². The minimum atomic E-state index is -0.940. The van der Waals surface area contributed by atoms with Gasteiger partial charge in [0.25, 0.3) is 0 Å². The van der Waals surface area contributed by atoms with E-state index in [1.807, 2.05) is 0 Å². The number of carboxylic acids is 1. The van der Waals surface area contributed by atoms with E-state index in [4.69, 9.17) is 5.11 Å². The molecule has 0 radical (unpaired) electrons. The largest absolute Gasteiger partial charge is 0.481 e. The number of hydrogen-bond acceptors (Lipinski definition) is 3. The molecule has 1 rings (SSSR count). The number of nitrogens with zero attached hydrogens (tertiary/aromatic N) is 1. The van der Waals surface area contributed by atoms with Crippen LogP contribution in [0.25, 0.3) is 0 Å². The predicted molar refractivity (Wildman–Crippen MR) is 74.1 cm³/mol. The number of carbonyl (C=O) groups excluding carboxylic acids is 2. The number of likely N-dealkylation sites (N-methyl/N-ethyl adjacent to an activating group) is 1. The molecule has 0 unspecified atom stereocenters. The molecule has 20 heavy (non-hydrogen) atoms. The molecule has 6 nitrogen and oxygen atoms in total. The van der Waals surface area contributed by atoms with Gasteiger partial charge in [0.05, 0.1) is 13.0 Å². The van der Waals surface area contributed by atoms with E-state index in [9.17, 15) is 14.4 Å². The first kappa shape index (κ1) is 16.5. The smallest absolute Gasteiger partial charge is 0.305 e. The minimum Gasteiger partial charge on any atom is -0.481 e. The molecule has 0 bridgehead atoms. The highest BCUT2D eigenvalue weighted by molar-refractivity contribution is 5.84. The summed E-state index contributed by atoms with van der Waals surface area (Å²) in [5.41, 5.74) is 0. The fourth-order valence-corrected chi connectivity index (χ4v) is 2.42. The summed E-state index contributed by atoms with van der Waals surface area (Å²) in [5.74, 6) is -0.641. The van der Waals surface area contributed by atoms with E-state index >= 15 is 0 Å². The number of carboxylic acid groups (broad SMARTS) is 1. The molecular weight excluding hydrogens is 260 g/mol. The third-order valence-corrected chi connectivity index (χ3v) is 3.78. The molecule has 2 amide bonds. The zero-order valence-electron chi connectivity index (χ0n) is 12.1. The van der Waals surface area contributed by atoms with E-state index < -0.39 is 5.97 Å². The van der Waals surface area contributed by atoms with E-state index in [1.165, 1.54) is 37.6 Å². The van der Waals surface area contributed by atoms with Crippen LogP contribution < -0.4 is 5.32 Å². The van der Waals surface area contributed by atoms with Crippen LogP contribution in [0.4, 0.5) is 0 Å². The Bertz CT molecular complexity index is 351. The molecule has 1 aliphatic carbocycles. The molecule has 1 aliphatic rings. The average Bonchev–Trinajstić information content (AvgIpc) is 2.92. The van der Waals surface area contributed by atoms with Crippen molar-refractivity contribution in [3.05, 3.63) is 0 Å². The maximum Gasteiger partial charge on any atom is 0.305 e. The van der Waals surface area contributed by atoms with Crippen LogP contribution in [0.1, 0.15) is 44.9 Å². The molecule has 1 saturated carbocycles. The van der Waals surface area contributed by atoms with Gasteiger partial charge < -0.3 is 15.3 Å². The van der Waals surface area contributed by atoms with Gasteiger partial charge >= 0.3 is 5.97 Å². The molecular formula is C14H24N2O4. The van der Waals surface area contributed by atoms with Gasteiger partial charge in [-0.3, -0.25) is 14.4 Å². The van der Waals surface area contributed by atoms with E-state index in [1.54, 1.807) is 0 Å². The number of carbonyl (C=O) groups is 3. The highest BCUT2D eigenvalue weighted by Gasteiger charge is 2.17. The third kappa shape index (κ3) is 6.54. The van der Waals surface area contributed by atoms with E-state index in [-0.39, 0.29) is 31.3 Å². The van der Waals surface area contributed by atoms with Crippen molar-refractivity contribution in [1.29, 1.82) is 0 Å². The van der Waals surface area contributed by atoms with E-state index in [0.717, 1.165) is 6.42 Å². The Morgan fingerprint density at radius 1 is 1.20 bits per heavy atom. The van der Waals surface area contributed by atoms with Crippen molar-refractivity contribution in [3.8, 4) is 0 Å². The lowest BCUT2D eigenvalue weighted by Crippen LogP contribution is -2.39. The van der Waals surface area contributed by atoms with Crippen molar-refractivity contribution in [1.82, 2.24) is 10.2 Å². The topological polar surface area (TPSA) is 86.7 Å². The Kier molecular flexibility index (Phi) is 7.04. The molecule has 0 aromatic rings. The van der Waals surface area contributed by atoms with Crippen molar-refractivity contribution < 1.29 is 19.5 Å². The lowest BCUT2D eigenvalue weighted by Gasteiger charge is -2.16. The van der Waals surface area contributed by atoms with Crippen molar-refractivity contribution in [2.45, 2.75) is 44.9 Å². The van der Waals surface area contributed by atoms with Gasteiger partial charge in [0, 0.05) is 20.0 Å². The van der Waals surface area contributed by atoms with Gasteiger partial charge in [-0.2, -0.15) is 0 Å². The van der Waals surface area contributed by atoms with Crippen molar-refractivity contribution in [3.63, 3.8) is 0 Å². The van der Waals surface area contributed by atoms with Crippen LogP contribution >= 0.6 is 0 Å². The second kappa shape index (κ2) is 8.55. The van der Waals surface area contributed by atoms with Gasteiger partial charge in [0.1, 0.15) is 0 Å². The second-order valence-corrected chi connectivity index (χ2v) is 5.42. The van der Waals surface area contributed by atoms with Gasteiger partial charge in [0.15, 0.2) is 0 Å². The summed E-state index contributed by atoms with van der Waals surface area (Å²) in [6.45, 7) is 0.103. The highest BCUT2D eigenvalue weighted by Crippen LogP contribution is 2.28. The molecule has 6 heteroatoms. The predicted octanol–water partition coefficient (Wildman–Crippen LogP) is 1.01. The first-order valence-corrected chi connectivity index (χ1v) is 7.21. The lowest BCUT2D eigenvalue weighted by atomic mass is 10.0. The summed E-state index contributed by atoms with van der Waals surface area (Å²) in [7, 11) is 1.54. The normalized spacial score (nSPS) is 15.1. The van der Waals surface area contributed by atoms with Crippen molar-refractivity contribution in [2.75, 3.05) is 20.1 Å². The molecule has 2 N–H and O–H groups in total. The van der Waals surface area contributed by atoms with Crippen LogP contribution in [-0.2, 0) is 14.4 Å². The number of aliphatic carboxylic acids is 1. The number of hydrogen-bond donors (Lipinski definition) is 2. The summed E-state index contributed by atoms with van der Waals surface area (Å²) < 4.78 is 0. The first-order chi connectivity index (χ1) is 9.49. The summed E-state index contributed by atoms with van der Waals surface area (Å²) in [5, 5.41) is 11.1. The van der Waals surface area contributed by atoms with Crippen LogP contribution in [0.2, 0.25) is 0 Å². The Balaban J connectivity index is 2.12. The Hall–Kier alpha value is -1.59. The minimum absolute atomic E-state index is 0.0559. The maximum absolute atomic E-state index is 11.6. The summed E-state index contributed by atoms with van der Waals surface area (Å²) in [6.07, 6.45) is 6.23. The van der Waals surface area contributed by atoms with Gasteiger partial charge in [-0.05, 0) is 12.3 Å². The maximum atomic E-state index is 11.6. The molecule has 0 spiro atoms. The van der Waals surface area contributed by atoms with Gasteiger partial charge in [-0.25, -0.2) is 0 Å². The van der Waals surface area contributed by atoms with Gasteiger partial charge in [-0.1, -0.05) is 25.7 Å². The van der Waals surface area contributed by atoms with Gasteiger partial charge in [-0.15, -0.1) is 0 Å². The average molecular weight is 284 g/mol. The standard InChI is InChI=1S/C14H24N2O4/c1-16(9-8-14(19)20)13(18)10-15-12(17)7-6-11-4-2-3-5-11/h11H,2-10H2,1H3,(H,15,17)(H,19,20). The molecule has 114 valence electrons. The Labute approximate surface area is 119 Å². The molecule has 0 aliphatic heterocycles. The highest BCUT2D eigenvalue weighted by atomic mass is 16.4. The quantitative estimate of drug-likeness (QED) is 0.696. The molecule has 0 aromatic heterocycles. The Morgan fingerprint density at radius 2 is 1.85 bits per heavy atom. The van der Waals surface area contributed by atoms with Crippen LogP contribution in [0.3, 0.4) is 0 Å². The first-order valence-electron chi connectivity index (χ1n) is 7.21. The zero-order chi connectivity index (χ0) is 15.0. The van der Waals surface area contributed by atoms with Crippen LogP contribution in [-0.4, -0.2) is 47.9 Å². The van der Waals surface area contributed by atoms with Crippen LogP contribution in [0.5, 0.6) is 0 Å². The zero-order valence-corrected chi connectivity index (χ0v) is 12.1. The van der Waals surface area contributed by atoms with Crippen molar-refractivity contribution in [2.24, 2.45) is 5.92 Å². The number of amides is 2. The fraction of sp³-hybridized carbons (Fsp3) is 0.786. The lowest BCUT2D eigenvalue weighted by molar-refractivity contribution is -0.138. The summed E-state index contributed by atoms with van der Waals surface area (Å²) in [4.78, 5) is 35.0. The fourth-order valence-electron chi connectivity index (χ4n) is 2.42. The number of rotatable bonds is 8. The summed E-state index contributed by atoms with van der Waals surface area (Å²) in [6, 6.07) is 0. The van der Waals surface area contributed by atoms with Gasteiger partial charge in [0.2, 0.25) is 11.8 Å². The SMILES string of the molecule is CN(CCC(=O)O)C(=O)CNC(=O)CCC1CCCC1. The Morgan fingerprint density at radius 3 is 2.45 bits per heavy atom. The molecule has 0 atom stereocenters. The molecule has 0 heterocycles. The second-order valence-electron chi connectivity index (χ2n) is 5.42. The summed E-state index contributed by atoms with van der Waals surface area (Å²) >= 11 is 0. The molecule has 0 saturated heterocycles. The molecule has 0 aromatic carbocycles.